The number of imidazole rings is 3. The van der Waals surface area contributed by atoms with Crippen LogP contribution in [0.5, 0.6) is 0 Å². The summed E-state index contributed by atoms with van der Waals surface area (Å²) in [6.45, 7) is 9.64. The van der Waals surface area contributed by atoms with E-state index < -0.39 is 12.8 Å². The van der Waals surface area contributed by atoms with Gasteiger partial charge in [0.2, 0.25) is 12.8 Å². The molecule has 9 rings (SSSR count). The van der Waals surface area contributed by atoms with Gasteiger partial charge in [-0.2, -0.15) is 0 Å². The molecule has 3 aromatic carbocycles. The molecule has 0 saturated heterocycles. The van der Waals surface area contributed by atoms with Crippen LogP contribution in [0.2, 0.25) is 0 Å². The summed E-state index contributed by atoms with van der Waals surface area (Å²) in [6, 6.07) is 30.3. The van der Waals surface area contributed by atoms with Gasteiger partial charge in [0.05, 0.1) is 53.1 Å². The van der Waals surface area contributed by atoms with Crippen molar-refractivity contribution in [2.24, 2.45) is 0 Å². The molecule has 13 nitrogen and oxygen atoms in total. The Balaban J connectivity index is 0.000000171. The number of benzene rings is 3. The van der Waals surface area contributed by atoms with E-state index in [-0.39, 0.29) is 24.9 Å². The van der Waals surface area contributed by atoms with Crippen LogP contribution >= 0.6 is 0 Å². The number of aromatic amines is 1. The van der Waals surface area contributed by atoms with Crippen LogP contribution < -0.4 is 0 Å². The Morgan fingerprint density at radius 3 is 1.13 bits per heavy atom. The molecule has 0 aliphatic carbocycles. The molecule has 0 spiro atoms. The van der Waals surface area contributed by atoms with Crippen LogP contribution in [0.15, 0.2) is 165 Å². The number of hydrogen-bond donors (Lipinski definition) is 1. The van der Waals surface area contributed by atoms with E-state index in [1.807, 2.05) is 73.2 Å². The molecule has 6 heterocycles. The highest BCUT2D eigenvalue weighted by molar-refractivity contribution is 5.80. The molecule has 16 heteroatoms. The molecule has 1 N–H and O–H groups in total. The summed E-state index contributed by atoms with van der Waals surface area (Å²) in [5.41, 5.74) is 10.2. The number of rotatable bonds is 16. The first-order valence-corrected chi connectivity index (χ1v) is 22.0. The summed E-state index contributed by atoms with van der Waals surface area (Å²) in [6.07, 6.45) is 14.1. The van der Waals surface area contributed by atoms with Gasteiger partial charge >= 0.3 is 0 Å². The van der Waals surface area contributed by atoms with Gasteiger partial charge in [-0.25, -0.2) is 28.1 Å². The molecule has 0 aliphatic heterocycles. The minimum atomic E-state index is -0.599. The van der Waals surface area contributed by atoms with Crippen LogP contribution in [0.1, 0.15) is 47.9 Å². The van der Waals surface area contributed by atoms with Crippen molar-refractivity contribution in [1.82, 2.24) is 44.0 Å². The number of pyridine rings is 3. The van der Waals surface area contributed by atoms with Gasteiger partial charge in [-0.05, 0) is 137 Å². The average Bonchev–Trinajstić information content (AvgIpc) is 4.16. The van der Waals surface area contributed by atoms with Crippen molar-refractivity contribution < 1.29 is 32.1 Å². The molecule has 69 heavy (non-hydrogen) atoms. The second-order valence-corrected chi connectivity index (χ2v) is 14.5. The van der Waals surface area contributed by atoms with E-state index in [1.165, 1.54) is 36.4 Å². The molecule has 0 atom stereocenters. The minimum absolute atomic E-state index is 0. The lowest BCUT2D eigenvalue weighted by Crippen LogP contribution is -2.17. The maximum absolute atomic E-state index is 13.4. The molecule has 9 aromatic rings. The fraction of sp³-hybridized carbons (Fsp3) is 0.208. The van der Waals surface area contributed by atoms with Gasteiger partial charge in [-0.15, -0.1) is 0 Å². The SMILES string of the molecule is C.CCOC(OCC)n1cnc(-c2ccc(F)cc2)c1-c1ccncc1.CCOC(OCC)n1cnc(-c2ccncc2)c1-c1ccc(F)cc1.Fc1ccc(-c2nc[nH]c2-c2ccncc2)cc1. The maximum Gasteiger partial charge on any atom is 0.245 e. The third kappa shape index (κ3) is 12.9. The van der Waals surface area contributed by atoms with Crippen molar-refractivity contribution in [1.29, 1.82) is 0 Å². The molecular formula is C53H54F3N9O4. The van der Waals surface area contributed by atoms with Crippen molar-refractivity contribution >= 4 is 0 Å². The Morgan fingerprint density at radius 1 is 0.420 bits per heavy atom. The molecule has 0 saturated carbocycles. The quantitative estimate of drug-likeness (QED) is 0.0931. The van der Waals surface area contributed by atoms with Crippen LogP contribution in [-0.4, -0.2) is 70.4 Å². The molecule has 0 amide bonds. The van der Waals surface area contributed by atoms with E-state index in [1.54, 1.807) is 92.6 Å². The van der Waals surface area contributed by atoms with Gasteiger partial charge < -0.3 is 23.9 Å². The Morgan fingerprint density at radius 2 is 0.739 bits per heavy atom. The molecule has 0 radical (unpaired) electrons. The van der Waals surface area contributed by atoms with Gasteiger partial charge in [0.25, 0.3) is 0 Å². The highest BCUT2D eigenvalue weighted by Crippen LogP contribution is 2.36. The largest absolute Gasteiger partial charge is 0.344 e. The first-order valence-electron chi connectivity index (χ1n) is 22.0. The molecule has 0 aliphatic rings. The predicted molar refractivity (Wildman–Crippen MR) is 260 cm³/mol. The first kappa shape index (κ1) is 50.8. The fourth-order valence-electron chi connectivity index (χ4n) is 7.12. The zero-order valence-corrected chi connectivity index (χ0v) is 37.9. The van der Waals surface area contributed by atoms with Crippen molar-refractivity contribution in [3.8, 4) is 67.5 Å². The number of nitrogens with one attached hydrogen (secondary N) is 1. The van der Waals surface area contributed by atoms with Gasteiger partial charge in [0.15, 0.2) is 0 Å². The molecule has 0 bridgehead atoms. The molecule has 0 fully saturated rings. The lowest BCUT2D eigenvalue weighted by atomic mass is 10.1. The van der Waals surface area contributed by atoms with Crippen molar-refractivity contribution in [2.75, 3.05) is 26.4 Å². The molecular weight excluding hydrogens is 884 g/mol. The fourth-order valence-corrected chi connectivity index (χ4v) is 7.12. The van der Waals surface area contributed by atoms with E-state index in [4.69, 9.17) is 18.9 Å². The summed E-state index contributed by atoms with van der Waals surface area (Å²) in [5.74, 6) is -0.818. The molecule has 356 valence electrons. The molecule has 0 unspecified atom stereocenters. The van der Waals surface area contributed by atoms with Crippen molar-refractivity contribution in [2.45, 2.75) is 47.9 Å². The van der Waals surface area contributed by atoms with Crippen LogP contribution in [0.4, 0.5) is 13.2 Å². The van der Waals surface area contributed by atoms with Crippen LogP contribution in [0, 0.1) is 17.5 Å². The van der Waals surface area contributed by atoms with E-state index in [0.717, 1.165) is 67.5 Å². The number of aromatic nitrogens is 9. The Hall–Kier alpha value is -7.63. The summed E-state index contributed by atoms with van der Waals surface area (Å²) >= 11 is 0. The summed E-state index contributed by atoms with van der Waals surface area (Å²) in [5, 5.41) is 0. The Kier molecular flexibility index (Phi) is 18.8. The van der Waals surface area contributed by atoms with Gasteiger partial charge in [0.1, 0.15) is 17.5 Å². The number of ether oxygens (including phenoxy) is 4. The Bertz CT molecular complexity index is 2870. The van der Waals surface area contributed by atoms with E-state index in [2.05, 4.69) is 34.9 Å². The normalized spacial score (nSPS) is 10.9. The number of halogens is 3. The zero-order valence-electron chi connectivity index (χ0n) is 37.9. The lowest BCUT2D eigenvalue weighted by molar-refractivity contribution is -0.185. The second kappa shape index (κ2) is 25.5. The van der Waals surface area contributed by atoms with Gasteiger partial charge in [0, 0.05) is 97.0 Å². The smallest absolute Gasteiger partial charge is 0.245 e. The van der Waals surface area contributed by atoms with Crippen LogP contribution in [-0.2, 0) is 18.9 Å². The highest BCUT2D eigenvalue weighted by atomic mass is 19.1. The monoisotopic (exact) mass is 937 g/mol. The van der Waals surface area contributed by atoms with Crippen LogP contribution in [0.3, 0.4) is 0 Å². The zero-order chi connectivity index (χ0) is 47.7. The number of nitrogens with zero attached hydrogens (tertiary/aromatic N) is 8. The summed E-state index contributed by atoms with van der Waals surface area (Å²) in [4.78, 5) is 28.6. The number of hydrogen-bond acceptors (Lipinski definition) is 10. The summed E-state index contributed by atoms with van der Waals surface area (Å²) in [7, 11) is 0. The van der Waals surface area contributed by atoms with E-state index in [0.29, 0.717) is 26.4 Å². The molecule has 6 aromatic heterocycles. The third-order valence-electron chi connectivity index (χ3n) is 10.1. The van der Waals surface area contributed by atoms with Crippen LogP contribution in [0.25, 0.3) is 67.5 Å². The van der Waals surface area contributed by atoms with Crippen molar-refractivity contribution in [3.05, 3.63) is 183 Å². The third-order valence-corrected chi connectivity index (χ3v) is 10.1. The first-order chi connectivity index (χ1) is 33.3. The van der Waals surface area contributed by atoms with E-state index in [9.17, 15) is 13.2 Å². The van der Waals surface area contributed by atoms with Crippen molar-refractivity contribution in [3.63, 3.8) is 0 Å². The highest BCUT2D eigenvalue weighted by Gasteiger charge is 2.23. The minimum Gasteiger partial charge on any atom is -0.344 e. The number of H-pyrrole nitrogens is 1. The predicted octanol–water partition coefficient (Wildman–Crippen LogP) is 12.5. The topological polar surface area (TPSA) is 140 Å². The lowest BCUT2D eigenvalue weighted by Gasteiger charge is -2.21. The Labute approximate surface area is 399 Å². The van der Waals surface area contributed by atoms with Gasteiger partial charge in [-0.3, -0.25) is 24.1 Å². The maximum atomic E-state index is 13.4. The average molecular weight is 938 g/mol. The van der Waals surface area contributed by atoms with Gasteiger partial charge in [-0.1, -0.05) is 7.43 Å². The second-order valence-electron chi connectivity index (χ2n) is 14.5. The summed E-state index contributed by atoms with van der Waals surface area (Å²) < 4.78 is 66.1. The van der Waals surface area contributed by atoms with E-state index >= 15 is 0 Å². The standard InChI is InChI=1S/2C19H20FN3O2.C14H10FN3.CH4/c1-3-24-19(25-4-2)23-13-22-17(14-9-11-21-12-10-14)18(23)15-5-7-16(20)8-6-15;1-3-24-19(25-4-2)23-13-22-17(14-5-7-16(20)8-6-14)18(23)15-9-11-21-12-10-15;15-12-3-1-10(2-4-12)13-14(18-9-17-13)11-5-7-16-8-6-11;/h2*5-13,19H,3-4H2,1-2H3;1-9H,(H,17,18);1H4.